The second-order valence-corrected chi connectivity index (χ2v) is 9.44. The minimum Gasteiger partial charge on any atom is -0.354 e. The second-order valence-electron chi connectivity index (χ2n) is 7.26. The number of amides is 2. The highest BCUT2D eigenvalue weighted by Gasteiger charge is 2.34. The lowest BCUT2D eigenvalue weighted by atomic mass is 9.89. The Balaban J connectivity index is 1.73. The van der Waals surface area contributed by atoms with Crippen LogP contribution in [0.3, 0.4) is 0 Å². The summed E-state index contributed by atoms with van der Waals surface area (Å²) in [5.41, 5.74) is -1.26. The van der Waals surface area contributed by atoms with Gasteiger partial charge in [0.25, 0.3) is 0 Å². The van der Waals surface area contributed by atoms with Gasteiger partial charge in [0, 0.05) is 32.0 Å². The Kier molecular flexibility index (Phi) is 9.14. The van der Waals surface area contributed by atoms with Gasteiger partial charge in [-0.3, -0.25) is 9.59 Å². The van der Waals surface area contributed by atoms with Gasteiger partial charge in [0.05, 0.1) is 15.5 Å². The fraction of sp³-hybridized carbons (Fsp3) is 0.579. The molecule has 2 rings (SSSR count). The molecule has 0 atom stereocenters. The predicted octanol–water partition coefficient (Wildman–Crippen LogP) is 2.84. The molecular weight excluding hydrogens is 459 g/mol. The van der Waals surface area contributed by atoms with E-state index in [4.69, 9.17) is 11.6 Å². The van der Waals surface area contributed by atoms with Gasteiger partial charge in [-0.25, -0.2) is 13.1 Å². The average Bonchev–Trinajstić information content (AvgIpc) is 2.71. The van der Waals surface area contributed by atoms with Crippen LogP contribution < -0.4 is 15.4 Å². The third-order valence-corrected chi connectivity index (χ3v) is 6.71. The third kappa shape index (κ3) is 7.97. The molecule has 0 spiro atoms. The Morgan fingerprint density at radius 2 is 1.68 bits per heavy atom. The number of carbonyl (C=O) groups is 2. The summed E-state index contributed by atoms with van der Waals surface area (Å²) in [5, 5.41) is 4.70. The molecule has 0 radical (unpaired) electrons. The molecule has 1 fully saturated rings. The Morgan fingerprint density at radius 3 is 2.32 bits per heavy atom. The molecule has 31 heavy (non-hydrogen) atoms. The fourth-order valence-corrected chi connectivity index (χ4v) is 4.54. The van der Waals surface area contributed by atoms with Crippen molar-refractivity contribution in [3.05, 3.63) is 28.8 Å². The monoisotopic (exact) mass is 483 g/mol. The number of hydrogen-bond donors (Lipinski definition) is 3. The molecule has 1 aromatic carbocycles. The highest BCUT2D eigenvalue weighted by Crippen LogP contribution is 2.35. The van der Waals surface area contributed by atoms with Crippen LogP contribution in [0.2, 0.25) is 5.02 Å². The highest BCUT2D eigenvalue weighted by atomic mass is 35.5. The number of alkyl halides is 3. The molecule has 174 valence electrons. The molecule has 3 N–H and O–H groups in total. The van der Waals surface area contributed by atoms with Crippen LogP contribution in [0, 0.1) is 5.92 Å². The van der Waals surface area contributed by atoms with Gasteiger partial charge in [0.15, 0.2) is 0 Å². The van der Waals surface area contributed by atoms with Crippen molar-refractivity contribution in [2.24, 2.45) is 5.92 Å². The zero-order valence-corrected chi connectivity index (χ0v) is 18.3. The Bertz CT molecular complexity index is 888. The smallest absolute Gasteiger partial charge is 0.354 e. The fourth-order valence-electron chi connectivity index (χ4n) is 3.26. The van der Waals surface area contributed by atoms with Crippen LogP contribution in [-0.2, 0) is 25.8 Å². The van der Waals surface area contributed by atoms with E-state index in [-0.39, 0.29) is 37.9 Å². The number of benzene rings is 1. The van der Waals surface area contributed by atoms with E-state index in [9.17, 15) is 31.2 Å². The minimum absolute atomic E-state index is 0.0181. The van der Waals surface area contributed by atoms with Gasteiger partial charge >= 0.3 is 6.18 Å². The molecule has 0 bridgehead atoms. The van der Waals surface area contributed by atoms with Crippen molar-refractivity contribution >= 4 is 33.4 Å². The summed E-state index contributed by atoms with van der Waals surface area (Å²) in [4.78, 5) is 23.2. The van der Waals surface area contributed by atoms with Crippen LogP contribution in [-0.4, -0.2) is 39.9 Å². The molecule has 1 aliphatic rings. The maximum atomic E-state index is 12.9. The Morgan fingerprint density at radius 1 is 1.03 bits per heavy atom. The van der Waals surface area contributed by atoms with E-state index < -0.39 is 37.6 Å². The molecular formula is C19H25ClF3N3O4S. The molecule has 0 aliphatic heterocycles. The SMILES string of the molecule is O=C(CCNS(=O)(=O)c1ccc(Cl)c(C(F)(F)F)c1)NCCNC(=O)C1CCCCC1. The van der Waals surface area contributed by atoms with Gasteiger partial charge in [-0.2, -0.15) is 13.2 Å². The molecule has 1 aliphatic carbocycles. The summed E-state index contributed by atoms with van der Waals surface area (Å²) in [6.07, 6.45) is -0.0428. The zero-order valence-electron chi connectivity index (χ0n) is 16.7. The van der Waals surface area contributed by atoms with E-state index >= 15 is 0 Å². The third-order valence-electron chi connectivity index (χ3n) is 4.92. The van der Waals surface area contributed by atoms with Gasteiger partial charge in [-0.15, -0.1) is 0 Å². The van der Waals surface area contributed by atoms with Crippen LogP contribution in [0.15, 0.2) is 23.1 Å². The van der Waals surface area contributed by atoms with Crippen LogP contribution >= 0.6 is 11.6 Å². The number of rotatable bonds is 9. The lowest BCUT2D eigenvalue weighted by molar-refractivity contribution is -0.137. The summed E-state index contributed by atoms with van der Waals surface area (Å²) in [6, 6.07) is 2.25. The van der Waals surface area contributed by atoms with E-state index in [0.29, 0.717) is 6.07 Å². The van der Waals surface area contributed by atoms with Crippen molar-refractivity contribution in [2.75, 3.05) is 19.6 Å². The largest absolute Gasteiger partial charge is 0.417 e. The first-order chi connectivity index (χ1) is 14.5. The number of carbonyl (C=O) groups excluding carboxylic acids is 2. The van der Waals surface area contributed by atoms with Crippen molar-refractivity contribution in [1.29, 1.82) is 0 Å². The number of hydrogen-bond acceptors (Lipinski definition) is 4. The molecule has 0 saturated heterocycles. The first-order valence-electron chi connectivity index (χ1n) is 9.91. The first kappa shape index (κ1) is 25.4. The van der Waals surface area contributed by atoms with Crippen molar-refractivity contribution in [3.63, 3.8) is 0 Å². The summed E-state index contributed by atoms with van der Waals surface area (Å²) >= 11 is 5.49. The van der Waals surface area contributed by atoms with E-state index in [1.165, 1.54) is 0 Å². The maximum absolute atomic E-state index is 12.9. The molecule has 2 amide bonds. The van der Waals surface area contributed by atoms with Crippen LogP contribution in [0.1, 0.15) is 44.1 Å². The van der Waals surface area contributed by atoms with Crippen LogP contribution in [0.4, 0.5) is 13.2 Å². The van der Waals surface area contributed by atoms with Gasteiger partial charge in [-0.05, 0) is 31.0 Å². The van der Waals surface area contributed by atoms with Crippen molar-refractivity contribution < 1.29 is 31.2 Å². The van der Waals surface area contributed by atoms with Crippen molar-refractivity contribution in [1.82, 2.24) is 15.4 Å². The molecule has 1 saturated carbocycles. The zero-order chi connectivity index (χ0) is 23.1. The number of halogens is 4. The minimum atomic E-state index is -4.80. The van der Waals surface area contributed by atoms with Crippen molar-refractivity contribution in [3.8, 4) is 0 Å². The maximum Gasteiger partial charge on any atom is 0.417 e. The number of sulfonamides is 1. The molecule has 12 heteroatoms. The quantitative estimate of drug-likeness (QED) is 0.470. The van der Waals surface area contributed by atoms with Gasteiger partial charge in [0.2, 0.25) is 21.8 Å². The van der Waals surface area contributed by atoms with Crippen molar-refractivity contribution in [2.45, 2.75) is 49.6 Å². The Labute approximate surface area is 184 Å². The van der Waals surface area contributed by atoms with E-state index in [2.05, 4.69) is 15.4 Å². The summed E-state index contributed by atoms with van der Waals surface area (Å²) in [5.74, 6) is -0.464. The summed E-state index contributed by atoms with van der Waals surface area (Å²) < 4.78 is 65.2. The van der Waals surface area contributed by atoms with Gasteiger partial charge in [0.1, 0.15) is 0 Å². The highest BCUT2D eigenvalue weighted by molar-refractivity contribution is 7.89. The van der Waals surface area contributed by atoms with Gasteiger partial charge in [-0.1, -0.05) is 30.9 Å². The standard InChI is InChI=1S/C19H25ClF3N3O4S/c20-16-7-6-14(12-15(16)19(21,22)23)31(29,30)26-9-8-17(27)24-10-11-25-18(28)13-4-2-1-3-5-13/h6-7,12-13,26H,1-5,8-11H2,(H,24,27)(H,25,28). The van der Waals surface area contributed by atoms with E-state index in [0.717, 1.165) is 44.2 Å². The van der Waals surface area contributed by atoms with Crippen LogP contribution in [0.25, 0.3) is 0 Å². The normalized spacial score (nSPS) is 15.5. The van der Waals surface area contributed by atoms with Gasteiger partial charge < -0.3 is 10.6 Å². The molecule has 0 unspecified atom stereocenters. The second kappa shape index (κ2) is 11.1. The Hall–Kier alpha value is -1.85. The average molecular weight is 484 g/mol. The lowest BCUT2D eigenvalue weighted by Crippen LogP contribution is -2.38. The predicted molar refractivity (Wildman–Crippen MR) is 109 cm³/mol. The topological polar surface area (TPSA) is 104 Å². The number of nitrogens with one attached hydrogen (secondary N) is 3. The first-order valence-corrected chi connectivity index (χ1v) is 11.8. The molecule has 7 nitrogen and oxygen atoms in total. The van der Waals surface area contributed by atoms with E-state index in [1.54, 1.807) is 0 Å². The summed E-state index contributed by atoms with van der Waals surface area (Å²) in [6.45, 7) is 0.153. The summed E-state index contributed by atoms with van der Waals surface area (Å²) in [7, 11) is -4.25. The molecule has 0 aromatic heterocycles. The molecule has 1 aromatic rings. The van der Waals surface area contributed by atoms with E-state index in [1.807, 2.05) is 0 Å². The lowest BCUT2D eigenvalue weighted by Gasteiger charge is -2.20. The van der Waals surface area contributed by atoms with Crippen LogP contribution in [0.5, 0.6) is 0 Å². The molecule has 0 heterocycles.